The zero-order chi connectivity index (χ0) is 18.7. The normalized spacial score (nSPS) is 17.2. The number of benzene rings is 1. The number of methoxy groups -OCH3 is 2. The van der Waals surface area contributed by atoms with E-state index < -0.39 is 5.54 Å². The lowest BCUT2D eigenvalue weighted by molar-refractivity contribution is -0.149. The number of carbonyl (C=O) groups is 1. The fraction of sp³-hybridized carbons (Fsp3) is 0.474. The van der Waals surface area contributed by atoms with Crippen LogP contribution in [0.4, 0.5) is 4.39 Å². The number of halogens is 1. The van der Waals surface area contributed by atoms with Crippen molar-refractivity contribution in [3.05, 3.63) is 35.8 Å². The van der Waals surface area contributed by atoms with Crippen LogP contribution < -0.4 is 10.5 Å². The number of hydrogen-bond donors (Lipinski definition) is 1. The van der Waals surface area contributed by atoms with E-state index in [2.05, 4.69) is 9.88 Å². The van der Waals surface area contributed by atoms with Crippen LogP contribution in [0, 0.1) is 5.82 Å². The molecule has 0 amide bonds. The Kier molecular flexibility index (Phi) is 5.38. The summed E-state index contributed by atoms with van der Waals surface area (Å²) in [5.74, 6) is -0.00368. The van der Waals surface area contributed by atoms with E-state index in [9.17, 15) is 9.18 Å². The molecule has 0 atom stereocenters. The largest absolute Gasteiger partial charge is 0.497 e. The van der Waals surface area contributed by atoms with Crippen LogP contribution >= 0.6 is 0 Å². The van der Waals surface area contributed by atoms with Gasteiger partial charge in [-0.3, -0.25) is 9.78 Å². The Hall–Kier alpha value is -2.25. The molecule has 2 N–H and O–H groups in total. The van der Waals surface area contributed by atoms with E-state index in [0.29, 0.717) is 50.2 Å². The third kappa shape index (κ3) is 3.64. The summed E-state index contributed by atoms with van der Waals surface area (Å²) in [7, 11) is 2.94. The third-order valence-electron chi connectivity index (χ3n) is 5.15. The minimum Gasteiger partial charge on any atom is -0.497 e. The van der Waals surface area contributed by atoms with Crippen LogP contribution in [0.3, 0.4) is 0 Å². The number of hydrogen-bond acceptors (Lipinski definition) is 6. The molecule has 1 aliphatic rings. The van der Waals surface area contributed by atoms with Gasteiger partial charge in [-0.05, 0) is 37.5 Å². The third-order valence-corrected chi connectivity index (χ3v) is 5.15. The van der Waals surface area contributed by atoms with Crippen LogP contribution in [-0.4, -0.2) is 55.2 Å². The van der Waals surface area contributed by atoms with Crippen molar-refractivity contribution in [2.24, 2.45) is 5.73 Å². The Labute approximate surface area is 152 Å². The molecule has 1 aromatic heterocycles. The van der Waals surface area contributed by atoms with E-state index in [1.807, 2.05) is 18.2 Å². The molecule has 6 nitrogen and oxygen atoms in total. The van der Waals surface area contributed by atoms with Crippen LogP contribution in [0.1, 0.15) is 18.4 Å². The Balaban J connectivity index is 1.71. The van der Waals surface area contributed by atoms with Crippen molar-refractivity contribution < 1.29 is 18.7 Å². The van der Waals surface area contributed by atoms with Crippen LogP contribution in [0.5, 0.6) is 5.75 Å². The maximum atomic E-state index is 14.4. The van der Waals surface area contributed by atoms with E-state index in [-0.39, 0.29) is 11.8 Å². The molecule has 1 fully saturated rings. The zero-order valence-electron chi connectivity index (χ0n) is 15.1. The van der Waals surface area contributed by atoms with Gasteiger partial charge in [0.05, 0.1) is 25.9 Å². The van der Waals surface area contributed by atoms with Gasteiger partial charge in [0, 0.05) is 30.6 Å². The van der Waals surface area contributed by atoms with E-state index in [0.717, 1.165) is 10.9 Å². The molecule has 26 heavy (non-hydrogen) atoms. The number of rotatable bonds is 5. The molecule has 0 radical (unpaired) electrons. The second-order valence-electron chi connectivity index (χ2n) is 6.71. The van der Waals surface area contributed by atoms with Crippen molar-refractivity contribution in [1.29, 1.82) is 0 Å². The molecular formula is C19H24FN3O3. The molecule has 0 aliphatic carbocycles. The second-order valence-corrected chi connectivity index (χ2v) is 6.71. The lowest BCUT2D eigenvalue weighted by atomic mass is 9.88. The fourth-order valence-electron chi connectivity index (χ4n) is 3.44. The van der Waals surface area contributed by atoms with Gasteiger partial charge in [-0.2, -0.15) is 0 Å². The highest BCUT2D eigenvalue weighted by Crippen LogP contribution is 2.26. The Morgan fingerprint density at radius 3 is 2.73 bits per heavy atom. The number of carbonyl (C=O) groups excluding carboxylic acids is 1. The molecule has 0 saturated carbocycles. The monoisotopic (exact) mass is 361 g/mol. The Morgan fingerprint density at radius 1 is 1.35 bits per heavy atom. The Bertz CT molecular complexity index is 804. The standard InChI is InChI=1S/C19H24FN3O3/c1-25-13-3-4-17-15(11-13)14(16(20)12-22-17)5-8-23-9-6-19(21,7-10-23)18(24)26-2/h3-4,11-12H,5-10,21H2,1-2H3. The molecule has 7 heteroatoms. The van der Waals surface area contributed by atoms with E-state index in [1.54, 1.807) is 7.11 Å². The lowest BCUT2D eigenvalue weighted by Crippen LogP contribution is -2.56. The average Bonchev–Trinajstić information content (AvgIpc) is 2.67. The summed E-state index contributed by atoms with van der Waals surface area (Å²) >= 11 is 0. The van der Waals surface area contributed by atoms with Crippen molar-refractivity contribution in [2.75, 3.05) is 33.9 Å². The predicted octanol–water partition coefficient (Wildman–Crippen LogP) is 1.89. The molecule has 0 bridgehead atoms. The van der Waals surface area contributed by atoms with Gasteiger partial charge < -0.3 is 20.1 Å². The maximum absolute atomic E-state index is 14.4. The molecule has 1 saturated heterocycles. The number of ether oxygens (including phenoxy) is 2. The summed E-state index contributed by atoms with van der Waals surface area (Å²) in [4.78, 5) is 18.1. The Morgan fingerprint density at radius 2 is 2.08 bits per heavy atom. The number of piperidine rings is 1. The van der Waals surface area contributed by atoms with Gasteiger partial charge in [0.15, 0.2) is 0 Å². The van der Waals surface area contributed by atoms with Gasteiger partial charge in [0.25, 0.3) is 0 Å². The van der Waals surface area contributed by atoms with Crippen LogP contribution in [0.15, 0.2) is 24.4 Å². The van der Waals surface area contributed by atoms with Crippen LogP contribution in [0.25, 0.3) is 10.9 Å². The molecule has 1 aliphatic heterocycles. The second kappa shape index (κ2) is 7.55. The molecule has 140 valence electrons. The SMILES string of the molecule is COC(=O)C1(N)CCN(CCc2c(F)cnc3ccc(OC)cc23)CC1. The summed E-state index contributed by atoms with van der Waals surface area (Å²) in [5.41, 5.74) is 6.59. The zero-order valence-corrected chi connectivity index (χ0v) is 15.1. The number of likely N-dealkylation sites (tertiary alicyclic amines) is 1. The summed E-state index contributed by atoms with van der Waals surface area (Å²) in [6.45, 7) is 2.05. The maximum Gasteiger partial charge on any atom is 0.325 e. The number of esters is 1. The summed E-state index contributed by atoms with van der Waals surface area (Å²) in [5, 5.41) is 0.768. The number of pyridine rings is 1. The topological polar surface area (TPSA) is 77.7 Å². The van der Waals surface area contributed by atoms with Gasteiger partial charge in [0.1, 0.15) is 17.1 Å². The van der Waals surface area contributed by atoms with Crippen molar-refractivity contribution >= 4 is 16.9 Å². The van der Waals surface area contributed by atoms with E-state index in [4.69, 9.17) is 15.2 Å². The highest BCUT2D eigenvalue weighted by Gasteiger charge is 2.38. The van der Waals surface area contributed by atoms with Gasteiger partial charge in [-0.15, -0.1) is 0 Å². The van der Waals surface area contributed by atoms with E-state index in [1.165, 1.54) is 13.3 Å². The molecule has 0 unspecified atom stereocenters. The molecule has 0 spiro atoms. The van der Waals surface area contributed by atoms with Crippen LogP contribution in [0.2, 0.25) is 0 Å². The van der Waals surface area contributed by atoms with Crippen molar-refractivity contribution in [3.8, 4) is 5.75 Å². The minimum absolute atomic E-state index is 0.314. The van der Waals surface area contributed by atoms with Crippen molar-refractivity contribution in [3.63, 3.8) is 0 Å². The van der Waals surface area contributed by atoms with E-state index >= 15 is 0 Å². The van der Waals surface area contributed by atoms with Crippen molar-refractivity contribution in [2.45, 2.75) is 24.8 Å². The molecule has 1 aromatic carbocycles. The smallest absolute Gasteiger partial charge is 0.325 e. The molecule has 2 aromatic rings. The quantitative estimate of drug-likeness (QED) is 0.820. The highest BCUT2D eigenvalue weighted by molar-refractivity contribution is 5.83. The number of aromatic nitrogens is 1. The summed E-state index contributed by atoms with van der Waals surface area (Å²) in [6, 6.07) is 5.46. The molecule has 2 heterocycles. The fourth-order valence-corrected chi connectivity index (χ4v) is 3.44. The first-order chi connectivity index (χ1) is 12.5. The van der Waals surface area contributed by atoms with Gasteiger partial charge >= 0.3 is 5.97 Å². The minimum atomic E-state index is -0.909. The first-order valence-electron chi connectivity index (χ1n) is 8.67. The van der Waals surface area contributed by atoms with Gasteiger partial charge in [-0.1, -0.05) is 0 Å². The highest BCUT2D eigenvalue weighted by atomic mass is 19.1. The van der Waals surface area contributed by atoms with Crippen LogP contribution in [-0.2, 0) is 16.0 Å². The van der Waals surface area contributed by atoms with Gasteiger partial charge in [0.2, 0.25) is 0 Å². The first kappa shape index (κ1) is 18.5. The predicted molar refractivity (Wildman–Crippen MR) is 96.6 cm³/mol. The number of fused-ring (bicyclic) bond motifs is 1. The van der Waals surface area contributed by atoms with Gasteiger partial charge in [-0.25, -0.2) is 4.39 Å². The lowest BCUT2D eigenvalue weighted by Gasteiger charge is -2.37. The number of nitrogens with two attached hydrogens (primary N) is 1. The summed E-state index contributed by atoms with van der Waals surface area (Å²) < 4.78 is 24.4. The average molecular weight is 361 g/mol. The number of nitrogens with zero attached hydrogens (tertiary/aromatic N) is 2. The molecule has 3 rings (SSSR count). The van der Waals surface area contributed by atoms with Crippen molar-refractivity contribution in [1.82, 2.24) is 9.88 Å². The summed E-state index contributed by atoms with van der Waals surface area (Å²) in [6.07, 6.45) is 2.89. The first-order valence-corrected chi connectivity index (χ1v) is 8.67. The molecular weight excluding hydrogens is 337 g/mol.